The number of aryl methyl sites for hydroxylation is 1. The van der Waals surface area contributed by atoms with E-state index < -0.39 is 0 Å². The topological polar surface area (TPSA) is 38.0 Å². The van der Waals surface area contributed by atoms with Crippen LogP contribution in [0.1, 0.15) is 25.8 Å². The molecule has 0 amide bonds. The van der Waals surface area contributed by atoms with Gasteiger partial charge in [-0.3, -0.25) is 0 Å². The highest BCUT2D eigenvalue weighted by Crippen LogP contribution is 2.17. The standard InChI is InChI=1S/C12H20N2/c1-10-4-6-11(7-5-10)14-12(2,3)8-9-13/h4-7,14H,8-9,13H2,1-3H3. The van der Waals surface area contributed by atoms with Gasteiger partial charge < -0.3 is 11.1 Å². The molecule has 0 aliphatic carbocycles. The minimum Gasteiger partial charge on any atom is -0.380 e. The van der Waals surface area contributed by atoms with Crippen LogP contribution in [-0.4, -0.2) is 12.1 Å². The number of nitrogens with one attached hydrogen (secondary N) is 1. The average molecular weight is 192 g/mol. The lowest BCUT2D eigenvalue weighted by atomic mass is 10.0. The van der Waals surface area contributed by atoms with Crippen LogP contribution >= 0.6 is 0 Å². The lowest BCUT2D eigenvalue weighted by molar-refractivity contribution is 0.526. The van der Waals surface area contributed by atoms with Crippen molar-refractivity contribution in [3.8, 4) is 0 Å². The molecule has 2 nitrogen and oxygen atoms in total. The van der Waals surface area contributed by atoms with E-state index in [1.165, 1.54) is 5.56 Å². The highest BCUT2D eigenvalue weighted by Gasteiger charge is 2.15. The SMILES string of the molecule is Cc1ccc(NC(C)(C)CCN)cc1. The summed E-state index contributed by atoms with van der Waals surface area (Å²) in [5.74, 6) is 0. The van der Waals surface area contributed by atoms with E-state index in [4.69, 9.17) is 5.73 Å². The fourth-order valence-corrected chi connectivity index (χ4v) is 1.45. The number of anilines is 1. The van der Waals surface area contributed by atoms with E-state index in [0.717, 1.165) is 12.1 Å². The minimum absolute atomic E-state index is 0.0734. The van der Waals surface area contributed by atoms with Crippen LogP contribution in [0, 0.1) is 6.92 Å². The molecule has 1 rings (SSSR count). The zero-order chi connectivity index (χ0) is 10.6. The molecule has 0 radical (unpaired) electrons. The Bertz CT molecular complexity index is 275. The van der Waals surface area contributed by atoms with Crippen molar-refractivity contribution in [3.05, 3.63) is 29.8 Å². The van der Waals surface area contributed by atoms with Gasteiger partial charge in [0.2, 0.25) is 0 Å². The molecule has 1 aromatic carbocycles. The second-order valence-corrected chi connectivity index (χ2v) is 4.41. The second kappa shape index (κ2) is 4.47. The summed E-state index contributed by atoms with van der Waals surface area (Å²) in [7, 11) is 0. The summed E-state index contributed by atoms with van der Waals surface area (Å²) in [6.45, 7) is 7.14. The monoisotopic (exact) mass is 192 g/mol. The Morgan fingerprint density at radius 1 is 1.21 bits per heavy atom. The van der Waals surface area contributed by atoms with Crippen molar-refractivity contribution in [2.45, 2.75) is 32.7 Å². The van der Waals surface area contributed by atoms with E-state index in [0.29, 0.717) is 6.54 Å². The summed E-state index contributed by atoms with van der Waals surface area (Å²) in [5, 5.41) is 3.47. The van der Waals surface area contributed by atoms with Crippen LogP contribution in [0.2, 0.25) is 0 Å². The van der Waals surface area contributed by atoms with Gasteiger partial charge >= 0.3 is 0 Å². The summed E-state index contributed by atoms with van der Waals surface area (Å²) in [6.07, 6.45) is 0.973. The zero-order valence-corrected chi connectivity index (χ0v) is 9.30. The fraction of sp³-hybridized carbons (Fsp3) is 0.500. The minimum atomic E-state index is 0.0734. The van der Waals surface area contributed by atoms with Gasteiger partial charge in [0.1, 0.15) is 0 Å². The predicted octanol–water partition coefficient (Wildman–Crippen LogP) is 2.53. The third-order valence-corrected chi connectivity index (χ3v) is 2.30. The molecule has 0 aromatic heterocycles. The van der Waals surface area contributed by atoms with E-state index in [-0.39, 0.29) is 5.54 Å². The first kappa shape index (κ1) is 11.1. The summed E-state index contributed by atoms with van der Waals surface area (Å²) < 4.78 is 0. The highest BCUT2D eigenvalue weighted by atomic mass is 15.0. The summed E-state index contributed by atoms with van der Waals surface area (Å²) in [4.78, 5) is 0. The first-order chi connectivity index (χ1) is 6.53. The molecule has 0 aliphatic rings. The van der Waals surface area contributed by atoms with Gasteiger partial charge in [0, 0.05) is 11.2 Å². The summed E-state index contributed by atoms with van der Waals surface area (Å²) >= 11 is 0. The molecule has 0 saturated carbocycles. The smallest absolute Gasteiger partial charge is 0.0344 e. The maximum Gasteiger partial charge on any atom is 0.0344 e. The Morgan fingerprint density at radius 2 is 1.79 bits per heavy atom. The van der Waals surface area contributed by atoms with Crippen LogP contribution in [-0.2, 0) is 0 Å². The molecule has 2 heteroatoms. The van der Waals surface area contributed by atoms with Crippen molar-refractivity contribution < 1.29 is 0 Å². The third kappa shape index (κ3) is 3.38. The quantitative estimate of drug-likeness (QED) is 0.769. The molecule has 78 valence electrons. The average Bonchev–Trinajstić information content (AvgIpc) is 2.08. The Balaban J connectivity index is 2.64. The van der Waals surface area contributed by atoms with Crippen LogP contribution in [0.5, 0.6) is 0 Å². The Kier molecular flexibility index (Phi) is 3.53. The molecule has 0 aliphatic heterocycles. The molecule has 0 atom stereocenters. The first-order valence-electron chi connectivity index (χ1n) is 5.08. The van der Waals surface area contributed by atoms with Crippen molar-refractivity contribution in [1.29, 1.82) is 0 Å². The Morgan fingerprint density at radius 3 is 2.29 bits per heavy atom. The van der Waals surface area contributed by atoms with Gasteiger partial charge in [0.25, 0.3) is 0 Å². The number of benzene rings is 1. The van der Waals surface area contributed by atoms with Gasteiger partial charge in [-0.25, -0.2) is 0 Å². The molecule has 0 fully saturated rings. The number of rotatable bonds is 4. The largest absolute Gasteiger partial charge is 0.380 e. The normalized spacial score (nSPS) is 11.4. The second-order valence-electron chi connectivity index (χ2n) is 4.41. The number of hydrogen-bond donors (Lipinski definition) is 2. The Hall–Kier alpha value is -1.02. The van der Waals surface area contributed by atoms with Crippen molar-refractivity contribution >= 4 is 5.69 Å². The maximum atomic E-state index is 5.55. The maximum absolute atomic E-state index is 5.55. The molecular weight excluding hydrogens is 172 g/mol. The van der Waals surface area contributed by atoms with Crippen LogP contribution in [0.4, 0.5) is 5.69 Å². The van der Waals surface area contributed by atoms with Crippen molar-refractivity contribution in [2.75, 3.05) is 11.9 Å². The van der Waals surface area contributed by atoms with E-state index in [2.05, 4.69) is 50.4 Å². The molecule has 0 bridgehead atoms. The van der Waals surface area contributed by atoms with Crippen molar-refractivity contribution in [3.63, 3.8) is 0 Å². The third-order valence-electron chi connectivity index (χ3n) is 2.30. The van der Waals surface area contributed by atoms with Gasteiger partial charge in [-0.1, -0.05) is 17.7 Å². The van der Waals surface area contributed by atoms with Gasteiger partial charge in [-0.05, 0) is 45.9 Å². The molecule has 0 heterocycles. The lowest BCUT2D eigenvalue weighted by Gasteiger charge is -2.27. The molecule has 0 unspecified atom stereocenters. The summed E-state index contributed by atoms with van der Waals surface area (Å²) in [5.41, 5.74) is 8.07. The molecular formula is C12H20N2. The fourth-order valence-electron chi connectivity index (χ4n) is 1.45. The van der Waals surface area contributed by atoms with Crippen LogP contribution in [0.3, 0.4) is 0 Å². The lowest BCUT2D eigenvalue weighted by Crippen LogP contribution is -2.33. The van der Waals surface area contributed by atoms with Crippen LogP contribution in [0.25, 0.3) is 0 Å². The zero-order valence-electron chi connectivity index (χ0n) is 9.30. The Labute approximate surface area is 86.5 Å². The van der Waals surface area contributed by atoms with E-state index in [9.17, 15) is 0 Å². The van der Waals surface area contributed by atoms with Crippen molar-refractivity contribution in [2.24, 2.45) is 5.73 Å². The first-order valence-corrected chi connectivity index (χ1v) is 5.08. The summed E-state index contributed by atoms with van der Waals surface area (Å²) in [6, 6.07) is 8.43. The van der Waals surface area contributed by atoms with Gasteiger partial charge in [0.15, 0.2) is 0 Å². The van der Waals surface area contributed by atoms with E-state index in [1.54, 1.807) is 0 Å². The number of hydrogen-bond acceptors (Lipinski definition) is 2. The van der Waals surface area contributed by atoms with E-state index in [1.807, 2.05) is 0 Å². The molecule has 3 N–H and O–H groups in total. The highest BCUT2D eigenvalue weighted by molar-refractivity contribution is 5.46. The van der Waals surface area contributed by atoms with Crippen LogP contribution in [0.15, 0.2) is 24.3 Å². The van der Waals surface area contributed by atoms with Gasteiger partial charge in [-0.15, -0.1) is 0 Å². The van der Waals surface area contributed by atoms with Gasteiger partial charge in [0.05, 0.1) is 0 Å². The van der Waals surface area contributed by atoms with Gasteiger partial charge in [-0.2, -0.15) is 0 Å². The predicted molar refractivity (Wildman–Crippen MR) is 62.6 cm³/mol. The van der Waals surface area contributed by atoms with E-state index >= 15 is 0 Å². The molecule has 0 saturated heterocycles. The van der Waals surface area contributed by atoms with Crippen molar-refractivity contribution in [1.82, 2.24) is 0 Å². The number of nitrogens with two attached hydrogens (primary N) is 1. The molecule has 1 aromatic rings. The molecule has 14 heavy (non-hydrogen) atoms. The van der Waals surface area contributed by atoms with Crippen LogP contribution < -0.4 is 11.1 Å². The molecule has 0 spiro atoms.